The van der Waals surface area contributed by atoms with Crippen molar-refractivity contribution >= 4 is 0 Å². The molecule has 1 aromatic carbocycles. The summed E-state index contributed by atoms with van der Waals surface area (Å²) >= 11 is 0. The van der Waals surface area contributed by atoms with E-state index in [9.17, 15) is 5.11 Å². The topological polar surface area (TPSA) is 29.5 Å². The van der Waals surface area contributed by atoms with Crippen LogP contribution in [0.3, 0.4) is 0 Å². The van der Waals surface area contributed by atoms with Gasteiger partial charge in [-0.2, -0.15) is 0 Å². The molecule has 3 rings (SSSR count). The summed E-state index contributed by atoms with van der Waals surface area (Å²) in [4.78, 5) is 0. The molecule has 18 heavy (non-hydrogen) atoms. The van der Waals surface area contributed by atoms with E-state index in [1.54, 1.807) is 0 Å². The van der Waals surface area contributed by atoms with E-state index >= 15 is 0 Å². The van der Waals surface area contributed by atoms with Crippen LogP contribution in [0, 0.1) is 5.92 Å². The molecule has 1 N–H and O–H groups in total. The highest BCUT2D eigenvalue weighted by atomic mass is 16.5. The monoisotopic (exact) mass is 246 g/mol. The number of hydrogen-bond acceptors (Lipinski definition) is 2. The number of ether oxygens (including phenoxy) is 1. The highest BCUT2D eigenvalue weighted by molar-refractivity contribution is 5.18. The maximum Gasteiger partial charge on any atom is 0.0832 e. The van der Waals surface area contributed by atoms with Crippen LogP contribution in [0.4, 0.5) is 0 Å². The maximum atomic E-state index is 9.56. The van der Waals surface area contributed by atoms with E-state index in [4.69, 9.17) is 4.74 Å². The van der Waals surface area contributed by atoms with E-state index in [1.165, 1.54) is 18.4 Å². The molecule has 0 aromatic heterocycles. The first-order chi connectivity index (χ1) is 8.84. The van der Waals surface area contributed by atoms with Crippen LogP contribution in [-0.2, 0) is 4.74 Å². The fraction of sp³-hybridized carbons (Fsp3) is 0.625. The van der Waals surface area contributed by atoms with Crippen LogP contribution in [0.15, 0.2) is 30.3 Å². The minimum Gasteiger partial charge on any atom is -0.396 e. The second kappa shape index (κ2) is 5.02. The highest BCUT2D eigenvalue weighted by Crippen LogP contribution is 2.49. The Bertz CT molecular complexity index is 389. The van der Waals surface area contributed by atoms with E-state index in [0.717, 1.165) is 25.7 Å². The molecule has 3 atom stereocenters. The molecule has 2 heteroatoms. The Kier molecular flexibility index (Phi) is 3.40. The molecule has 2 nitrogen and oxygen atoms in total. The molecule has 1 aliphatic heterocycles. The maximum absolute atomic E-state index is 9.56. The minimum atomic E-state index is -0.0342. The van der Waals surface area contributed by atoms with E-state index in [1.807, 2.05) is 6.07 Å². The molecular formula is C16H22O2. The zero-order chi connectivity index (χ0) is 12.4. The van der Waals surface area contributed by atoms with Crippen molar-refractivity contribution in [3.63, 3.8) is 0 Å². The summed E-state index contributed by atoms with van der Waals surface area (Å²) < 4.78 is 6.46. The summed E-state index contributed by atoms with van der Waals surface area (Å²) in [5, 5.41) is 9.56. The van der Waals surface area contributed by atoms with Gasteiger partial charge in [-0.05, 0) is 37.7 Å². The molecule has 0 bridgehead atoms. The van der Waals surface area contributed by atoms with Gasteiger partial charge >= 0.3 is 0 Å². The first-order valence-electron chi connectivity index (χ1n) is 7.18. The summed E-state index contributed by atoms with van der Waals surface area (Å²) in [6.07, 6.45) is 7.14. The molecule has 1 aliphatic carbocycles. The molecule has 2 aliphatic rings. The van der Waals surface area contributed by atoms with Gasteiger partial charge in [-0.1, -0.05) is 36.8 Å². The zero-order valence-electron chi connectivity index (χ0n) is 10.8. The lowest BCUT2D eigenvalue weighted by molar-refractivity contribution is -0.157. The number of aliphatic hydroxyl groups is 1. The SMILES string of the molecule is OCC1CCCC12CCCC(c1ccccc1)O2. The Morgan fingerprint density at radius 1 is 1.11 bits per heavy atom. The normalized spacial score (nSPS) is 36.1. The Morgan fingerprint density at radius 2 is 1.83 bits per heavy atom. The van der Waals surface area contributed by atoms with Gasteiger partial charge in [0, 0.05) is 12.5 Å². The first-order valence-corrected chi connectivity index (χ1v) is 7.18. The Balaban J connectivity index is 1.80. The van der Waals surface area contributed by atoms with Gasteiger partial charge in [-0.25, -0.2) is 0 Å². The number of benzene rings is 1. The van der Waals surface area contributed by atoms with Crippen molar-refractivity contribution in [2.45, 2.75) is 50.2 Å². The lowest BCUT2D eigenvalue weighted by atomic mass is 9.82. The number of aliphatic hydroxyl groups excluding tert-OH is 1. The Labute approximate surface area is 109 Å². The van der Waals surface area contributed by atoms with Crippen molar-refractivity contribution in [2.24, 2.45) is 5.92 Å². The Hall–Kier alpha value is -0.860. The third-order valence-electron chi connectivity index (χ3n) is 4.73. The van der Waals surface area contributed by atoms with Gasteiger partial charge in [0.1, 0.15) is 0 Å². The van der Waals surface area contributed by atoms with Crippen molar-refractivity contribution in [3.8, 4) is 0 Å². The van der Waals surface area contributed by atoms with E-state index in [2.05, 4.69) is 24.3 Å². The van der Waals surface area contributed by atoms with E-state index in [-0.39, 0.29) is 18.3 Å². The number of hydrogen-bond donors (Lipinski definition) is 1. The van der Waals surface area contributed by atoms with Crippen LogP contribution in [0.5, 0.6) is 0 Å². The molecule has 2 fully saturated rings. The summed E-state index contributed by atoms with van der Waals surface area (Å²) in [6, 6.07) is 10.5. The van der Waals surface area contributed by atoms with Crippen molar-refractivity contribution in [2.75, 3.05) is 6.61 Å². The standard InChI is InChI=1S/C16H22O2/c17-12-14-8-4-10-16(14)11-5-9-15(18-16)13-6-2-1-3-7-13/h1-3,6-7,14-15,17H,4-5,8-12H2. The quantitative estimate of drug-likeness (QED) is 0.866. The predicted molar refractivity (Wildman–Crippen MR) is 71.3 cm³/mol. The molecule has 1 saturated heterocycles. The van der Waals surface area contributed by atoms with Gasteiger partial charge in [0.2, 0.25) is 0 Å². The fourth-order valence-electron chi connectivity index (χ4n) is 3.75. The van der Waals surface area contributed by atoms with Crippen molar-refractivity contribution in [1.29, 1.82) is 0 Å². The fourth-order valence-corrected chi connectivity index (χ4v) is 3.75. The largest absolute Gasteiger partial charge is 0.396 e. The van der Waals surface area contributed by atoms with Gasteiger partial charge in [0.05, 0.1) is 11.7 Å². The molecule has 98 valence electrons. The molecule has 3 unspecified atom stereocenters. The molecule has 1 saturated carbocycles. The highest BCUT2D eigenvalue weighted by Gasteiger charge is 2.46. The van der Waals surface area contributed by atoms with E-state index in [0.29, 0.717) is 5.92 Å². The first kappa shape index (κ1) is 12.2. The molecule has 0 radical (unpaired) electrons. The van der Waals surface area contributed by atoms with Crippen LogP contribution in [0.25, 0.3) is 0 Å². The van der Waals surface area contributed by atoms with Crippen molar-refractivity contribution in [3.05, 3.63) is 35.9 Å². The lowest BCUT2D eigenvalue weighted by Crippen LogP contribution is -2.42. The van der Waals surface area contributed by atoms with Crippen LogP contribution >= 0.6 is 0 Å². The van der Waals surface area contributed by atoms with Crippen LogP contribution < -0.4 is 0 Å². The van der Waals surface area contributed by atoms with Gasteiger partial charge in [0.25, 0.3) is 0 Å². The second-order valence-corrected chi connectivity index (χ2v) is 5.75. The van der Waals surface area contributed by atoms with Gasteiger partial charge in [-0.3, -0.25) is 0 Å². The summed E-state index contributed by atoms with van der Waals surface area (Å²) in [6.45, 7) is 0.279. The van der Waals surface area contributed by atoms with Gasteiger partial charge in [0.15, 0.2) is 0 Å². The molecule has 1 heterocycles. The van der Waals surface area contributed by atoms with Crippen LogP contribution in [0.2, 0.25) is 0 Å². The molecule has 0 amide bonds. The smallest absolute Gasteiger partial charge is 0.0832 e. The van der Waals surface area contributed by atoms with Crippen molar-refractivity contribution in [1.82, 2.24) is 0 Å². The third-order valence-corrected chi connectivity index (χ3v) is 4.73. The summed E-state index contributed by atoms with van der Waals surface area (Å²) in [5.74, 6) is 0.351. The predicted octanol–water partition coefficient (Wildman–Crippen LogP) is 3.46. The zero-order valence-corrected chi connectivity index (χ0v) is 10.8. The lowest BCUT2D eigenvalue weighted by Gasteiger charge is -2.42. The van der Waals surface area contributed by atoms with Gasteiger partial charge in [-0.15, -0.1) is 0 Å². The second-order valence-electron chi connectivity index (χ2n) is 5.75. The minimum absolute atomic E-state index is 0.0342. The third kappa shape index (κ3) is 2.08. The van der Waals surface area contributed by atoms with Crippen molar-refractivity contribution < 1.29 is 9.84 Å². The Morgan fingerprint density at radius 3 is 2.56 bits per heavy atom. The van der Waals surface area contributed by atoms with Crippen LogP contribution in [-0.4, -0.2) is 17.3 Å². The molecule has 1 aromatic rings. The van der Waals surface area contributed by atoms with Gasteiger partial charge < -0.3 is 9.84 Å². The van der Waals surface area contributed by atoms with Crippen LogP contribution in [0.1, 0.15) is 50.2 Å². The summed E-state index contributed by atoms with van der Waals surface area (Å²) in [5.41, 5.74) is 1.26. The van der Waals surface area contributed by atoms with E-state index < -0.39 is 0 Å². The average Bonchev–Trinajstić information content (AvgIpc) is 2.82. The summed E-state index contributed by atoms with van der Waals surface area (Å²) in [7, 11) is 0. The molecular weight excluding hydrogens is 224 g/mol. The number of rotatable bonds is 2. The molecule has 1 spiro atoms. The average molecular weight is 246 g/mol.